The Bertz CT molecular complexity index is 388. The molecular weight excluding hydrogens is 174 g/mol. The van der Waals surface area contributed by atoms with Gasteiger partial charge in [-0.05, 0) is 25.0 Å². The Morgan fingerprint density at radius 1 is 1.43 bits per heavy atom. The lowest BCUT2D eigenvalue weighted by molar-refractivity contribution is 0.0983. The van der Waals surface area contributed by atoms with Crippen molar-refractivity contribution in [2.24, 2.45) is 0 Å². The number of ketones is 1. The molecule has 1 aromatic rings. The van der Waals surface area contributed by atoms with Crippen molar-refractivity contribution >= 4 is 5.78 Å². The number of benzene rings is 1. The van der Waals surface area contributed by atoms with Gasteiger partial charge >= 0.3 is 0 Å². The van der Waals surface area contributed by atoms with Crippen LogP contribution in [0, 0.1) is 25.2 Å². The fraction of sp³-hybridized carbons (Fsp3) is 0.333. The van der Waals surface area contributed by atoms with Crippen molar-refractivity contribution in [1.82, 2.24) is 0 Å². The van der Waals surface area contributed by atoms with Crippen molar-refractivity contribution in [2.75, 3.05) is 0 Å². The number of carbonyl (C=O) groups is 1. The van der Waals surface area contributed by atoms with Gasteiger partial charge in [-0.2, -0.15) is 5.26 Å². The highest BCUT2D eigenvalue weighted by Gasteiger charge is 2.08. The van der Waals surface area contributed by atoms with Gasteiger partial charge in [-0.1, -0.05) is 18.2 Å². The van der Waals surface area contributed by atoms with Gasteiger partial charge in [0.2, 0.25) is 0 Å². The Kier molecular flexibility index (Phi) is 3.41. The van der Waals surface area contributed by atoms with Gasteiger partial charge in [0, 0.05) is 18.4 Å². The first-order chi connectivity index (χ1) is 6.66. The topological polar surface area (TPSA) is 40.9 Å². The minimum Gasteiger partial charge on any atom is -0.294 e. The highest BCUT2D eigenvalue weighted by Crippen LogP contribution is 2.14. The Morgan fingerprint density at radius 3 is 2.79 bits per heavy atom. The van der Waals surface area contributed by atoms with Crippen LogP contribution < -0.4 is 0 Å². The van der Waals surface area contributed by atoms with Gasteiger partial charge in [0.1, 0.15) is 0 Å². The first-order valence-corrected chi connectivity index (χ1v) is 4.63. The predicted octanol–water partition coefficient (Wildman–Crippen LogP) is 2.79. The lowest BCUT2D eigenvalue weighted by Crippen LogP contribution is -2.02. The number of hydrogen-bond acceptors (Lipinski definition) is 2. The second kappa shape index (κ2) is 4.57. The molecule has 0 aliphatic heterocycles. The maximum absolute atomic E-state index is 11.6. The van der Waals surface area contributed by atoms with Gasteiger partial charge in [0.15, 0.2) is 5.78 Å². The molecule has 0 aliphatic carbocycles. The zero-order chi connectivity index (χ0) is 10.6. The number of hydrogen-bond donors (Lipinski definition) is 0. The molecule has 0 bridgehead atoms. The van der Waals surface area contributed by atoms with E-state index in [4.69, 9.17) is 5.26 Å². The van der Waals surface area contributed by atoms with Crippen LogP contribution in [0.15, 0.2) is 18.2 Å². The van der Waals surface area contributed by atoms with Crippen LogP contribution in [0.3, 0.4) is 0 Å². The monoisotopic (exact) mass is 187 g/mol. The Balaban J connectivity index is 2.91. The van der Waals surface area contributed by atoms with E-state index in [1.54, 1.807) is 0 Å². The number of nitriles is 1. The Morgan fingerprint density at radius 2 is 2.14 bits per heavy atom. The van der Waals surface area contributed by atoms with E-state index in [9.17, 15) is 4.79 Å². The number of Topliss-reactive ketones (excluding diaryl/α,β-unsaturated/α-hetero) is 1. The molecular formula is C12H13NO. The zero-order valence-corrected chi connectivity index (χ0v) is 8.50. The lowest BCUT2D eigenvalue weighted by Gasteiger charge is -2.05. The van der Waals surface area contributed by atoms with Gasteiger partial charge in [0.25, 0.3) is 0 Å². The van der Waals surface area contributed by atoms with E-state index in [0.29, 0.717) is 12.8 Å². The Labute approximate surface area is 84.2 Å². The summed E-state index contributed by atoms with van der Waals surface area (Å²) in [6.45, 7) is 3.92. The summed E-state index contributed by atoms with van der Waals surface area (Å²) in [5.41, 5.74) is 2.89. The second-order valence-electron chi connectivity index (χ2n) is 3.33. The maximum atomic E-state index is 11.6. The quantitative estimate of drug-likeness (QED) is 0.683. The molecule has 1 rings (SSSR count). The summed E-state index contributed by atoms with van der Waals surface area (Å²) in [5.74, 6) is 0.0627. The van der Waals surface area contributed by atoms with E-state index in [1.165, 1.54) is 0 Å². The molecule has 0 spiro atoms. The van der Waals surface area contributed by atoms with Crippen LogP contribution in [-0.2, 0) is 0 Å². The lowest BCUT2D eigenvalue weighted by atomic mass is 9.98. The van der Waals surface area contributed by atoms with Crippen molar-refractivity contribution in [1.29, 1.82) is 5.26 Å². The SMILES string of the molecule is Cc1cccc(C(=O)CCC#N)c1C. The van der Waals surface area contributed by atoms with Crippen LogP contribution in [0.4, 0.5) is 0 Å². The van der Waals surface area contributed by atoms with Crippen LogP contribution in [0.2, 0.25) is 0 Å². The predicted molar refractivity (Wildman–Crippen MR) is 55.1 cm³/mol. The molecule has 2 heteroatoms. The molecule has 0 radical (unpaired) electrons. The van der Waals surface area contributed by atoms with Crippen molar-refractivity contribution in [3.63, 3.8) is 0 Å². The number of nitrogens with zero attached hydrogens (tertiary/aromatic N) is 1. The summed E-state index contributed by atoms with van der Waals surface area (Å²) in [6, 6.07) is 7.66. The average Bonchev–Trinajstić information content (AvgIpc) is 2.18. The maximum Gasteiger partial charge on any atom is 0.164 e. The van der Waals surface area contributed by atoms with Crippen molar-refractivity contribution in [2.45, 2.75) is 26.7 Å². The smallest absolute Gasteiger partial charge is 0.164 e. The first-order valence-electron chi connectivity index (χ1n) is 4.63. The number of aryl methyl sites for hydroxylation is 1. The fourth-order valence-electron chi connectivity index (χ4n) is 1.36. The first kappa shape index (κ1) is 10.5. The molecule has 0 aliphatic rings. The summed E-state index contributed by atoms with van der Waals surface area (Å²) >= 11 is 0. The summed E-state index contributed by atoms with van der Waals surface area (Å²) in [7, 11) is 0. The summed E-state index contributed by atoms with van der Waals surface area (Å²) in [4.78, 5) is 11.6. The fourth-order valence-corrected chi connectivity index (χ4v) is 1.36. The third kappa shape index (κ3) is 2.20. The largest absolute Gasteiger partial charge is 0.294 e. The van der Waals surface area contributed by atoms with E-state index in [-0.39, 0.29) is 5.78 Å². The summed E-state index contributed by atoms with van der Waals surface area (Å²) < 4.78 is 0. The van der Waals surface area contributed by atoms with Crippen LogP contribution in [0.5, 0.6) is 0 Å². The van der Waals surface area contributed by atoms with Gasteiger partial charge in [0.05, 0.1) is 6.07 Å². The van der Waals surface area contributed by atoms with Gasteiger partial charge in [-0.25, -0.2) is 0 Å². The molecule has 0 fully saturated rings. The molecule has 0 atom stereocenters. The van der Waals surface area contributed by atoms with Gasteiger partial charge in [-0.15, -0.1) is 0 Å². The molecule has 0 aromatic heterocycles. The second-order valence-corrected chi connectivity index (χ2v) is 3.33. The number of carbonyl (C=O) groups excluding carboxylic acids is 1. The van der Waals surface area contributed by atoms with Crippen LogP contribution in [0.25, 0.3) is 0 Å². The van der Waals surface area contributed by atoms with E-state index in [0.717, 1.165) is 16.7 Å². The third-order valence-corrected chi connectivity index (χ3v) is 2.37. The third-order valence-electron chi connectivity index (χ3n) is 2.37. The van der Waals surface area contributed by atoms with E-state index in [2.05, 4.69) is 0 Å². The van der Waals surface area contributed by atoms with Crippen molar-refractivity contribution < 1.29 is 4.79 Å². The van der Waals surface area contributed by atoms with E-state index in [1.807, 2.05) is 38.1 Å². The minimum atomic E-state index is 0.0627. The molecule has 2 nitrogen and oxygen atoms in total. The highest BCUT2D eigenvalue weighted by atomic mass is 16.1. The van der Waals surface area contributed by atoms with E-state index < -0.39 is 0 Å². The van der Waals surface area contributed by atoms with Crippen LogP contribution >= 0.6 is 0 Å². The molecule has 72 valence electrons. The van der Waals surface area contributed by atoms with Gasteiger partial charge in [-0.3, -0.25) is 4.79 Å². The normalized spacial score (nSPS) is 9.50. The molecule has 1 aromatic carbocycles. The summed E-state index contributed by atoms with van der Waals surface area (Å²) in [6.07, 6.45) is 0.618. The van der Waals surface area contributed by atoms with Crippen LogP contribution in [-0.4, -0.2) is 5.78 Å². The highest BCUT2D eigenvalue weighted by molar-refractivity contribution is 5.97. The van der Waals surface area contributed by atoms with E-state index >= 15 is 0 Å². The average molecular weight is 187 g/mol. The molecule has 0 heterocycles. The van der Waals surface area contributed by atoms with Crippen molar-refractivity contribution in [3.05, 3.63) is 34.9 Å². The molecule has 0 unspecified atom stereocenters. The summed E-state index contributed by atoms with van der Waals surface area (Å²) in [5, 5.41) is 8.38. The standard InChI is InChI=1S/C12H13NO/c1-9-5-3-6-11(10(9)2)12(14)7-4-8-13/h3,5-6H,4,7H2,1-2H3. The minimum absolute atomic E-state index is 0.0627. The molecule has 0 saturated heterocycles. The molecule has 0 saturated carbocycles. The molecule has 0 amide bonds. The Hall–Kier alpha value is -1.62. The zero-order valence-electron chi connectivity index (χ0n) is 8.50. The number of rotatable bonds is 3. The molecule has 0 N–H and O–H groups in total. The van der Waals surface area contributed by atoms with Crippen molar-refractivity contribution in [3.8, 4) is 6.07 Å². The molecule has 14 heavy (non-hydrogen) atoms. The van der Waals surface area contributed by atoms with Gasteiger partial charge < -0.3 is 0 Å². The van der Waals surface area contributed by atoms with Crippen LogP contribution in [0.1, 0.15) is 34.3 Å².